The molecule has 0 spiro atoms. The third kappa shape index (κ3) is 0.188. The van der Waals surface area contributed by atoms with Gasteiger partial charge in [-0.2, -0.15) is 0 Å². The first-order valence-electron chi connectivity index (χ1n) is 3.19. The van der Waals surface area contributed by atoms with Crippen molar-refractivity contribution in [1.29, 1.82) is 5.41 Å². The van der Waals surface area contributed by atoms with Crippen LogP contribution in [0.5, 0.6) is 0 Å². The van der Waals surface area contributed by atoms with Gasteiger partial charge in [0.2, 0.25) is 0 Å². The Hall–Kier alpha value is -0.330. The van der Waals surface area contributed by atoms with Crippen LogP contribution in [0.1, 0.15) is 20.3 Å². The summed E-state index contributed by atoms with van der Waals surface area (Å²) in [6.07, 6.45) is 2.93. The molecule has 1 heteroatoms. The van der Waals surface area contributed by atoms with Crippen molar-refractivity contribution < 1.29 is 0 Å². The SMILES string of the molecule is CC1C2(C)CC12C=N. The zero-order valence-electron chi connectivity index (χ0n) is 5.36. The van der Waals surface area contributed by atoms with Crippen LogP contribution in [0, 0.1) is 22.2 Å². The van der Waals surface area contributed by atoms with Crippen molar-refractivity contribution in [3.8, 4) is 0 Å². The van der Waals surface area contributed by atoms with Crippen molar-refractivity contribution in [2.24, 2.45) is 16.7 Å². The average molecular weight is 109 g/mol. The van der Waals surface area contributed by atoms with E-state index in [1.165, 1.54) is 6.42 Å². The third-order valence-corrected chi connectivity index (χ3v) is 3.50. The molecule has 0 radical (unpaired) electrons. The fourth-order valence-corrected chi connectivity index (χ4v) is 2.13. The van der Waals surface area contributed by atoms with Gasteiger partial charge in [0.25, 0.3) is 0 Å². The van der Waals surface area contributed by atoms with E-state index in [1.807, 2.05) is 0 Å². The van der Waals surface area contributed by atoms with Gasteiger partial charge >= 0.3 is 0 Å². The molecule has 0 aromatic carbocycles. The Kier molecular flexibility index (Phi) is 0.438. The van der Waals surface area contributed by atoms with Crippen molar-refractivity contribution in [3.05, 3.63) is 0 Å². The Bertz CT molecular complexity index is 164. The van der Waals surface area contributed by atoms with Gasteiger partial charge < -0.3 is 5.41 Å². The van der Waals surface area contributed by atoms with Crippen LogP contribution in [-0.2, 0) is 0 Å². The van der Waals surface area contributed by atoms with Gasteiger partial charge in [0.1, 0.15) is 0 Å². The highest BCUT2D eigenvalue weighted by Gasteiger charge is 2.85. The monoisotopic (exact) mass is 109 g/mol. The molecule has 0 saturated heterocycles. The molecule has 2 aliphatic carbocycles. The molecule has 2 aliphatic rings. The van der Waals surface area contributed by atoms with Crippen LogP contribution in [-0.4, -0.2) is 6.21 Å². The van der Waals surface area contributed by atoms with Gasteiger partial charge in [-0.25, -0.2) is 0 Å². The van der Waals surface area contributed by atoms with Gasteiger partial charge in [0.15, 0.2) is 0 Å². The number of fused-ring (bicyclic) bond motifs is 1. The maximum Gasteiger partial charge on any atom is 0.0143 e. The normalized spacial score (nSPS) is 66.5. The summed E-state index contributed by atoms with van der Waals surface area (Å²) in [6.45, 7) is 4.53. The molecule has 0 bridgehead atoms. The Balaban J connectivity index is 2.28. The molecular formula is C7H11N. The molecule has 3 atom stereocenters. The van der Waals surface area contributed by atoms with E-state index in [1.54, 1.807) is 6.21 Å². The van der Waals surface area contributed by atoms with Crippen LogP contribution in [0.3, 0.4) is 0 Å². The first-order chi connectivity index (χ1) is 3.67. The van der Waals surface area contributed by atoms with E-state index in [0.717, 1.165) is 5.92 Å². The van der Waals surface area contributed by atoms with Crippen molar-refractivity contribution >= 4 is 6.21 Å². The molecule has 0 aliphatic heterocycles. The zero-order chi connectivity index (χ0) is 5.99. The molecule has 2 saturated carbocycles. The lowest BCUT2D eigenvalue weighted by atomic mass is 10.1. The lowest BCUT2D eigenvalue weighted by Gasteiger charge is -1.98. The van der Waals surface area contributed by atoms with E-state index in [-0.39, 0.29) is 0 Å². The van der Waals surface area contributed by atoms with E-state index in [4.69, 9.17) is 5.41 Å². The van der Waals surface area contributed by atoms with Crippen LogP contribution in [0.4, 0.5) is 0 Å². The molecule has 0 aromatic rings. The third-order valence-electron chi connectivity index (χ3n) is 3.50. The number of hydrogen-bond acceptors (Lipinski definition) is 1. The maximum atomic E-state index is 7.09. The highest BCUT2D eigenvalue weighted by atomic mass is 14.9. The first-order valence-corrected chi connectivity index (χ1v) is 3.19. The fourth-order valence-electron chi connectivity index (χ4n) is 2.13. The van der Waals surface area contributed by atoms with Gasteiger partial charge in [0, 0.05) is 11.6 Å². The fraction of sp³-hybridized carbons (Fsp3) is 0.857. The molecule has 1 nitrogen and oxygen atoms in total. The van der Waals surface area contributed by atoms with E-state index >= 15 is 0 Å². The second-order valence-corrected chi connectivity index (χ2v) is 3.50. The van der Waals surface area contributed by atoms with E-state index in [2.05, 4.69) is 13.8 Å². The number of hydrogen-bond donors (Lipinski definition) is 1. The van der Waals surface area contributed by atoms with Crippen molar-refractivity contribution in [2.45, 2.75) is 20.3 Å². The van der Waals surface area contributed by atoms with Crippen LogP contribution in [0.2, 0.25) is 0 Å². The Morgan fingerprint density at radius 3 is 2.25 bits per heavy atom. The Morgan fingerprint density at radius 2 is 2.25 bits per heavy atom. The summed E-state index contributed by atoms with van der Waals surface area (Å²) in [7, 11) is 0. The minimum Gasteiger partial charge on any atom is -0.312 e. The molecule has 2 rings (SSSR count). The maximum absolute atomic E-state index is 7.09. The van der Waals surface area contributed by atoms with Gasteiger partial charge in [-0.3, -0.25) is 0 Å². The lowest BCUT2D eigenvalue weighted by molar-refractivity contribution is 0.546. The second kappa shape index (κ2) is 0.772. The highest BCUT2D eigenvalue weighted by molar-refractivity contribution is 5.77. The van der Waals surface area contributed by atoms with Crippen LogP contribution in [0.25, 0.3) is 0 Å². The molecule has 3 unspecified atom stereocenters. The molecule has 2 fully saturated rings. The van der Waals surface area contributed by atoms with E-state index in [9.17, 15) is 0 Å². The predicted octanol–water partition coefficient (Wildman–Crippen LogP) is 1.68. The van der Waals surface area contributed by atoms with Crippen LogP contribution < -0.4 is 0 Å². The summed E-state index contributed by atoms with van der Waals surface area (Å²) in [4.78, 5) is 0. The molecular weight excluding hydrogens is 98.1 g/mol. The summed E-state index contributed by atoms with van der Waals surface area (Å²) in [5.74, 6) is 0.812. The molecule has 1 N–H and O–H groups in total. The quantitative estimate of drug-likeness (QED) is 0.495. The Labute approximate surface area is 49.6 Å². The van der Waals surface area contributed by atoms with Gasteiger partial charge in [-0.05, 0) is 17.8 Å². The van der Waals surface area contributed by atoms with Gasteiger partial charge in [-0.1, -0.05) is 13.8 Å². The molecule has 8 heavy (non-hydrogen) atoms. The van der Waals surface area contributed by atoms with Crippen molar-refractivity contribution in [2.75, 3.05) is 0 Å². The summed E-state index contributed by atoms with van der Waals surface area (Å²) in [5, 5.41) is 7.09. The summed E-state index contributed by atoms with van der Waals surface area (Å²) < 4.78 is 0. The smallest absolute Gasteiger partial charge is 0.0143 e. The largest absolute Gasteiger partial charge is 0.312 e. The molecule has 0 heterocycles. The van der Waals surface area contributed by atoms with Crippen molar-refractivity contribution in [3.63, 3.8) is 0 Å². The minimum atomic E-state index is 0.396. The Morgan fingerprint density at radius 1 is 1.75 bits per heavy atom. The van der Waals surface area contributed by atoms with Crippen LogP contribution >= 0.6 is 0 Å². The van der Waals surface area contributed by atoms with Gasteiger partial charge in [0.05, 0.1) is 0 Å². The first kappa shape index (κ1) is 4.54. The number of rotatable bonds is 1. The molecule has 44 valence electrons. The second-order valence-electron chi connectivity index (χ2n) is 3.50. The summed E-state index contributed by atoms with van der Waals surface area (Å²) in [5.41, 5.74) is 0.974. The minimum absolute atomic E-state index is 0.396. The van der Waals surface area contributed by atoms with E-state index < -0.39 is 0 Å². The zero-order valence-corrected chi connectivity index (χ0v) is 5.36. The topological polar surface area (TPSA) is 23.9 Å². The number of nitrogens with one attached hydrogen (secondary N) is 1. The van der Waals surface area contributed by atoms with Crippen molar-refractivity contribution in [1.82, 2.24) is 0 Å². The van der Waals surface area contributed by atoms with E-state index in [0.29, 0.717) is 10.8 Å². The summed E-state index contributed by atoms with van der Waals surface area (Å²) >= 11 is 0. The lowest BCUT2D eigenvalue weighted by Crippen LogP contribution is -1.95. The average Bonchev–Trinajstić information content (AvgIpc) is 2.51. The standard InChI is InChI=1S/C7H11N/c1-5-6(2)3-7(5,6)4-8/h4-5,8H,3H2,1-2H3. The molecule has 0 amide bonds. The van der Waals surface area contributed by atoms with Crippen LogP contribution in [0.15, 0.2) is 0 Å². The summed E-state index contributed by atoms with van der Waals surface area (Å²) in [6, 6.07) is 0. The highest BCUT2D eigenvalue weighted by Crippen LogP contribution is 2.88. The predicted molar refractivity (Wildman–Crippen MR) is 33.1 cm³/mol. The molecule has 0 aromatic heterocycles. The van der Waals surface area contributed by atoms with Gasteiger partial charge in [-0.15, -0.1) is 0 Å².